The number of rotatable bonds is 18. The topological polar surface area (TPSA) is 17.8 Å². The molecule has 0 N–H and O–H groups in total. The van der Waals surface area contributed by atoms with Crippen LogP contribution in [0.15, 0.2) is 53.0 Å². The van der Waals surface area contributed by atoms with Gasteiger partial charge in [-0.3, -0.25) is 0 Å². The molecule has 3 rings (SSSR count). The van der Waals surface area contributed by atoms with Gasteiger partial charge in [-0.05, 0) is 30.7 Å². The zero-order valence-electron chi connectivity index (χ0n) is 21.4. The van der Waals surface area contributed by atoms with Crippen LogP contribution in [-0.2, 0) is 6.54 Å². The van der Waals surface area contributed by atoms with Crippen molar-refractivity contribution >= 4 is 27.0 Å². The molecule has 0 aliphatic rings. The molecular weight excluding hydrogens is 480 g/mol. The lowest BCUT2D eigenvalue weighted by molar-refractivity contribution is 0.523. The van der Waals surface area contributed by atoms with E-state index in [1.165, 1.54) is 114 Å². The van der Waals surface area contributed by atoms with E-state index in [2.05, 4.69) is 76.0 Å². The second-order valence-corrected chi connectivity index (χ2v) is 10.8. The minimum absolute atomic E-state index is 1.05. The molecule has 186 valence electrons. The quantitative estimate of drug-likeness (QED) is 0.151. The maximum absolute atomic E-state index is 4.95. The molecule has 0 radical (unpaired) electrons. The van der Waals surface area contributed by atoms with Crippen molar-refractivity contribution in [2.45, 2.75) is 116 Å². The van der Waals surface area contributed by atoms with Gasteiger partial charge >= 0.3 is 0 Å². The summed E-state index contributed by atoms with van der Waals surface area (Å²) >= 11 is 3.55. The van der Waals surface area contributed by atoms with Gasteiger partial charge in [-0.2, -0.15) is 0 Å². The van der Waals surface area contributed by atoms with E-state index in [4.69, 9.17) is 4.98 Å². The number of halogens is 1. The van der Waals surface area contributed by atoms with Crippen LogP contribution in [0.5, 0.6) is 0 Å². The Morgan fingerprint density at radius 2 is 1.12 bits per heavy atom. The maximum atomic E-state index is 4.95. The number of nitrogens with zero attached hydrogens (tertiary/aromatic N) is 2. The van der Waals surface area contributed by atoms with Crippen LogP contribution in [0.25, 0.3) is 22.4 Å². The molecule has 0 aliphatic heterocycles. The maximum Gasteiger partial charge on any atom is 0.141 e. The zero-order valence-corrected chi connectivity index (χ0v) is 23.0. The minimum atomic E-state index is 1.05. The van der Waals surface area contributed by atoms with Crippen LogP contribution in [0.2, 0.25) is 0 Å². The lowest BCUT2D eigenvalue weighted by Crippen LogP contribution is -2.01. The molecule has 1 heterocycles. The molecule has 3 heteroatoms. The van der Waals surface area contributed by atoms with Gasteiger partial charge in [-0.1, -0.05) is 143 Å². The molecule has 0 bridgehead atoms. The molecule has 0 unspecified atom stereocenters. The Balaban J connectivity index is 1.28. The summed E-state index contributed by atoms with van der Waals surface area (Å²) in [6.07, 6.45) is 22.5. The molecular formula is C31H45BrN2. The average molecular weight is 526 g/mol. The Kier molecular flexibility index (Phi) is 12.8. The third-order valence-corrected chi connectivity index (χ3v) is 7.52. The van der Waals surface area contributed by atoms with Gasteiger partial charge < -0.3 is 4.57 Å². The fourth-order valence-corrected chi connectivity index (χ4v) is 5.20. The predicted molar refractivity (Wildman–Crippen MR) is 152 cm³/mol. The summed E-state index contributed by atoms with van der Waals surface area (Å²) in [6.45, 7) is 3.34. The normalized spacial score (nSPS) is 11.5. The number of imidazole rings is 1. The number of unbranched alkanes of at least 4 members (excludes halogenated alkanes) is 15. The Hall–Kier alpha value is -1.61. The molecule has 0 amide bonds. The van der Waals surface area contributed by atoms with Gasteiger partial charge in [0.05, 0.1) is 11.0 Å². The zero-order chi connectivity index (χ0) is 23.8. The largest absolute Gasteiger partial charge is 0.324 e. The smallest absolute Gasteiger partial charge is 0.141 e. The Morgan fingerprint density at radius 3 is 1.68 bits per heavy atom. The van der Waals surface area contributed by atoms with E-state index >= 15 is 0 Å². The molecule has 2 nitrogen and oxygen atoms in total. The molecule has 0 saturated carbocycles. The summed E-state index contributed by atoms with van der Waals surface area (Å²) in [5, 5.41) is 0. The highest BCUT2D eigenvalue weighted by molar-refractivity contribution is 9.10. The van der Waals surface area contributed by atoms with Crippen molar-refractivity contribution < 1.29 is 0 Å². The third-order valence-electron chi connectivity index (χ3n) is 6.99. The molecule has 0 atom stereocenters. The fraction of sp³-hybridized carbons (Fsp3) is 0.581. The van der Waals surface area contributed by atoms with E-state index in [1.54, 1.807) is 0 Å². The summed E-state index contributed by atoms with van der Waals surface area (Å²) < 4.78 is 3.53. The first-order valence-corrected chi connectivity index (χ1v) is 14.8. The van der Waals surface area contributed by atoms with Crippen molar-refractivity contribution in [3.63, 3.8) is 0 Å². The van der Waals surface area contributed by atoms with Gasteiger partial charge in [0.25, 0.3) is 0 Å². The number of hydrogen-bond donors (Lipinski definition) is 0. The van der Waals surface area contributed by atoms with E-state index in [9.17, 15) is 0 Å². The molecule has 2 aromatic carbocycles. The monoisotopic (exact) mass is 524 g/mol. The van der Waals surface area contributed by atoms with E-state index in [0.29, 0.717) is 0 Å². The van der Waals surface area contributed by atoms with Crippen molar-refractivity contribution in [2.24, 2.45) is 0 Å². The lowest BCUT2D eigenvalue weighted by Gasteiger charge is -2.10. The van der Waals surface area contributed by atoms with Gasteiger partial charge in [0.2, 0.25) is 0 Å². The van der Waals surface area contributed by atoms with Crippen molar-refractivity contribution in [1.29, 1.82) is 0 Å². The van der Waals surface area contributed by atoms with Crippen LogP contribution in [0, 0.1) is 0 Å². The first kappa shape index (κ1) is 27.0. The van der Waals surface area contributed by atoms with E-state index < -0.39 is 0 Å². The van der Waals surface area contributed by atoms with Gasteiger partial charge in [0, 0.05) is 16.6 Å². The Morgan fingerprint density at radius 1 is 0.618 bits per heavy atom. The number of fused-ring (bicyclic) bond motifs is 1. The second kappa shape index (κ2) is 16.1. The Labute approximate surface area is 216 Å². The number of aromatic nitrogens is 2. The highest BCUT2D eigenvalue weighted by Gasteiger charge is 2.12. The van der Waals surface area contributed by atoms with Crippen molar-refractivity contribution in [2.75, 3.05) is 0 Å². The molecule has 34 heavy (non-hydrogen) atoms. The molecule has 0 aliphatic carbocycles. The van der Waals surface area contributed by atoms with Crippen molar-refractivity contribution in [3.8, 4) is 11.4 Å². The highest BCUT2D eigenvalue weighted by atomic mass is 79.9. The van der Waals surface area contributed by atoms with Crippen LogP contribution < -0.4 is 0 Å². The number of para-hydroxylation sites is 2. The first-order valence-electron chi connectivity index (χ1n) is 14.0. The minimum Gasteiger partial charge on any atom is -0.324 e. The molecule has 0 fully saturated rings. The summed E-state index contributed by atoms with van der Waals surface area (Å²) in [6, 6.07) is 17.1. The van der Waals surface area contributed by atoms with Crippen LogP contribution in [0.4, 0.5) is 0 Å². The van der Waals surface area contributed by atoms with Crippen LogP contribution >= 0.6 is 15.9 Å². The first-order chi connectivity index (χ1) is 16.8. The van der Waals surface area contributed by atoms with E-state index in [1.807, 2.05) is 0 Å². The average Bonchev–Trinajstić information content (AvgIpc) is 3.23. The SMILES string of the molecule is CCCCCCCCCCCCCCCCCCn1c(-c2ccc(Br)cc2)nc2ccccc21. The van der Waals surface area contributed by atoms with Gasteiger partial charge in [0.15, 0.2) is 0 Å². The molecule has 1 aromatic heterocycles. The van der Waals surface area contributed by atoms with Crippen LogP contribution in [0.3, 0.4) is 0 Å². The standard InChI is InChI=1S/C31H45BrN2/c1-2-3-4-5-6-7-8-9-10-11-12-13-14-15-16-19-26-34-30-21-18-17-20-29(30)33-31(34)27-22-24-28(32)25-23-27/h17-18,20-25H,2-16,19,26H2,1H3. The van der Waals surface area contributed by atoms with E-state index in [0.717, 1.165) is 22.4 Å². The second-order valence-electron chi connectivity index (χ2n) is 9.89. The highest BCUT2D eigenvalue weighted by Crippen LogP contribution is 2.27. The third kappa shape index (κ3) is 9.21. The number of aryl methyl sites for hydroxylation is 1. The van der Waals surface area contributed by atoms with Crippen molar-refractivity contribution in [1.82, 2.24) is 9.55 Å². The Bertz CT molecular complexity index is 928. The van der Waals surface area contributed by atoms with Crippen molar-refractivity contribution in [3.05, 3.63) is 53.0 Å². The van der Waals surface area contributed by atoms with Gasteiger partial charge in [-0.15, -0.1) is 0 Å². The van der Waals surface area contributed by atoms with Crippen LogP contribution in [0.1, 0.15) is 110 Å². The lowest BCUT2D eigenvalue weighted by atomic mass is 10.0. The van der Waals surface area contributed by atoms with Crippen LogP contribution in [-0.4, -0.2) is 9.55 Å². The van der Waals surface area contributed by atoms with Gasteiger partial charge in [-0.25, -0.2) is 4.98 Å². The summed E-state index contributed by atoms with van der Waals surface area (Å²) in [5.41, 5.74) is 3.54. The number of benzene rings is 2. The predicted octanol–water partition coefficient (Wildman–Crippen LogP) is 10.7. The molecule has 3 aromatic rings. The number of hydrogen-bond acceptors (Lipinski definition) is 1. The summed E-state index contributed by atoms with van der Waals surface area (Å²) in [5.74, 6) is 1.09. The molecule has 0 saturated heterocycles. The summed E-state index contributed by atoms with van der Waals surface area (Å²) in [7, 11) is 0. The molecule has 0 spiro atoms. The fourth-order valence-electron chi connectivity index (χ4n) is 4.94. The van der Waals surface area contributed by atoms with E-state index in [-0.39, 0.29) is 0 Å². The van der Waals surface area contributed by atoms with Gasteiger partial charge in [0.1, 0.15) is 5.82 Å². The summed E-state index contributed by atoms with van der Waals surface area (Å²) in [4.78, 5) is 4.95.